The van der Waals surface area contributed by atoms with Crippen molar-refractivity contribution in [1.29, 1.82) is 0 Å². The van der Waals surface area contributed by atoms with Crippen molar-refractivity contribution < 1.29 is 19.4 Å². The van der Waals surface area contributed by atoms with Crippen LogP contribution in [0.15, 0.2) is 67.0 Å². The monoisotopic (exact) mass is 366 g/mol. The Morgan fingerprint density at radius 2 is 1.70 bits per heavy atom. The number of hydrogen-bond donors (Lipinski definition) is 2. The van der Waals surface area contributed by atoms with Crippen molar-refractivity contribution in [3.05, 3.63) is 78.1 Å². The first-order chi connectivity index (χ1) is 13.1. The smallest absolute Gasteiger partial charge is 0.251 e. The Kier molecular flexibility index (Phi) is 5.78. The molecule has 1 heterocycles. The highest BCUT2D eigenvalue weighted by atomic mass is 16.5. The molecule has 1 unspecified atom stereocenters. The van der Waals surface area contributed by atoms with E-state index >= 15 is 0 Å². The van der Waals surface area contributed by atoms with Crippen molar-refractivity contribution >= 4 is 5.91 Å². The molecule has 0 aliphatic rings. The minimum absolute atomic E-state index is 0.0909. The van der Waals surface area contributed by atoms with E-state index in [1.165, 1.54) is 7.11 Å². The quantitative estimate of drug-likeness (QED) is 0.674. The third-order valence-electron chi connectivity index (χ3n) is 4.28. The summed E-state index contributed by atoms with van der Waals surface area (Å²) in [6.07, 6.45) is 3.02. The molecular formula is C21H22N2O4. The van der Waals surface area contributed by atoms with E-state index in [0.717, 1.165) is 5.69 Å². The van der Waals surface area contributed by atoms with E-state index < -0.39 is 6.10 Å². The molecule has 0 bridgehead atoms. The Labute approximate surface area is 158 Å². The fraction of sp³-hybridized carbons (Fsp3) is 0.190. The van der Waals surface area contributed by atoms with Crippen LogP contribution in [0.25, 0.3) is 5.69 Å². The number of aliphatic hydroxyl groups excluding tert-OH is 1. The zero-order valence-electron chi connectivity index (χ0n) is 15.3. The lowest BCUT2D eigenvalue weighted by atomic mass is 10.1. The van der Waals surface area contributed by atoms with Crippen molar-refractivity contribution in [3.63, 3.8) is 0 Å². The number of nitrogens with zero attached hydrogens (tertiary/aromatic N) is 1. The number of carbonyl (C=O) groups excluding carboxylic acids is 1. The van der Waals surface area contributed by atoms with Crippen LogP contribution in [0.5, 0.6) is 11.5 Å². The topological polar surface area (TPSA) is 72.7 Å². The molecule has 3 aromatic rings. The van der Waals surface area contributed by atoms with E-state index in [1.807, 2.05) is 41.2 Å². The number of aliphatic hydroxyl groups is 1. The molecule has 1 amide bonds. The van der Waals surface area contributed by atoms with E-state index in [4.69, 9.17) is 9.47 Å². The Morgan fingerprint density at radius 3 is 2.33 bits per heavy atom. The van der Waals surface area contributed by atoms with Gasteiger partial charge in [-0.3, -0.25) is 4.79 Å². The summed E-state index contributed by atoms with van der Waals surface area (Å²) in [5.41, 5.74) is 2.14. The van der Waals surface area contributed by atoms with Crippen molar-refractivity contribution in [3.8, 4) is 17.2 Å². The molecule has 3 rings (SSSR count). The van der Waals surface area contributed by atoms with Gasteiger partial charge in [0.1, 0.15) is 0 Å². The third-order valence-corrected chi connectivity index (χ3v) is 4.28. The predicted octanol–water partition coefficient (Wildman–Crippen LogP) is 2.96. The van der Waals surface area contributed by atoms with Gasteiger partial charge in [0.25, 0.3) is 5.91 Å². The summed E-state index contributed by atoms with van der Waals surface area (Å²) in [7, 11) is 3.09. The van der Waals surface area contributed by atoms with Crippen LogP contribution in [-0.2, 0) is 0 Å². The lowest BCUT2D eigenvalue weighted by Gasteiger charge is -2.15. The molecule has 0 aliphatic heterocycles. The van der Waals surface area contributed by atoms with E-state index in [-0.39, 0.29) is 12.5 Å². The Hall–Kier alpha value is -3.25. The molecule has 0 aliphatic carbocycles. The maximum absolute atomic E-state index is 12.3. The van der Waals surface area contributed by atoms with E-state index in [1.54, 1.807) is 37.4 Å². The summed E-state index contributed by atoms with van der Waals surface area (Å²) < 4.78 is 12.4. The van der Waals surface area contributed by atoms with E-state index in [0.29, 0.717) is 22.6 Å². The molecule has 0 saturated heterocycles. The third kappa shape index (κ3) is 4.30. The summed E-state index contributed by atoms with van der Waals surface area (Å²) in [6.45, 7) is 0.0909. The van der Waals surface area contributed by atoms with Crippen LogP contribution in [-0.4, -0.2) is 36.3 Å². The first-order valence-electron chi connectivity index (χ1n) is 8.54. The fourth-order valence-electron chi connectivity index (χ4n) is 2.76. The lowest BCUT2D eigenvalue weighted by Crippen LogP contribution is -2.28. The fourth-order valence-corrected chi connectivity index (χ4v) is 2.76. The van der Waals surface area contributed by atoms with Crippen molar-refractivity contribution in [2.24, 2.45) is 0 Å². The zero-order valence-corrected chi connectivity index (χ0v) is 15.3. The average Bonchev–Trinajstić information content (AvgIpc) is 3.26. The summed E-state index contributed by atoms with van der Waals surface area (Å²) in [5, 5.41) is 13.1. The van der Waals surface area contributed by atoms with Gasteiger partial charge < -0.3 is 24.5 Å². The van der Waals surface area contributed by atoms with Gasteiger partial charge in [0.05, 0.1) is 20.3 Å². The number of ether oxygens (including phenoxy) is 2. The summed E-state index contributed by atoms with van der Waals surface area (Å²) in [5.74, 6) is 0.870. The van der Waals surface area contributed by atoms with Crippen LogP contribution in [0, 0.1) is 0 Å². The molecule has 6 heteroatoms. The van der Waals surface area contributed by atoms with E-state index in [9.17, 15) is 9.90 Å². The zero-order chi connectivity index (χ0) is 19.2. The molecular weight excluding hydrogens is 344 g/mol. The molecule has 0 fully saturated rings. The highest BCUT2D eigenvalue weighted by Crippen LogP contribution is 2.29. The van der Waals surface area contributed by atoms with Gasteiger partial charge in [0.15, 0.2) is 11.5 Å². The summed E-state index contributed by atoms with van der Waals surface area (Å²) in [6, 6.07) is 16.3. The van der Waals surface area contributed by atoms with Gasteiger partial charge in [-0.05, 0) is 54.1 Å². The van der Waals surface area contributed by atoms with Gasteiger partial charge in [-0.2, -0.15) is 0 Å². The summed E-state index contributed by atoms with van der Waals surface area (Å²) >= 11 is 0. The standard InChI is InChI=1S/C21H22N2O4/c1-26-19-10-7-16(13-20(19)27-2)18(24)14-22-21(25)15-5-8-17(9-6-15)23-11-3-4-12-23/h3-13,18,24H,14H2,1-2H3,(H,22,25). The molecule has 140 valence electrons. The number of aromatic nitrogens is 1. The van der Waals surface area contributed by atoms with Crippen LogP contribution in [0.1, 0.15) is 22.0 Å². The molecule has 1 aromatic heterocycles. The van der Waals surface area contributed by atoms with Crippen LogP contribution >= 0.6 is 0 Å². The minimum atomic E-state index is -0.854. The Bertz CT molecular complexity index is 889. The number of nitrogens with one attached hydrogen (secondary N) is 1. The Morgan fingerprint density at radius 1 is 1.04 bits per heavy atom. The van der Waals surface area contributed by atoms with Crippen LogP contribution in [0.3, 0.4) is 0 Å². The molecule has 0 saturated carbocycles. The molecule has 0 spiro atoms. The van der Waals surface area contributed by atoms with Crippen molar-refractivity contribution in [2.75, 3.05) is 20.8 Å². The number of benzene rings is 2. The van der Waals surface area contributed by atoms with Crippen LogP contribution < -0.4 is 14.8 Å². The molecule has 2 aromatic carbocycles. The van der Waals surface area contributed by atoms with Crippen molar-refractivity contribution in [2.45, 2.75) is 6.10 Å². The van der Waals surface area contributed by atoms with Crippen LogP contribution in [0.4, 0.5) is 0 Å². The SMILES string of the molecule is COc1ccc(C(O)CNC(=O)c2ccc(-n3cccc3)cc2)cc1OC. The second-order valence-electron chi connectivity index (χ2n) is 5.98. The minimum Gasteiger partial charge on any atom is -0.493 e. The molecule has 1 atom stereocenters. The van der Waals surface area contributed by atoms with Gasteiger partial charge in [-0.15, -0.1) is 0 Å². The van der Waals surface area contributed by atoms with Crippen molar-refractivity contribution in [1.82, 2.24) is 9.88 Å². The number of carbonyl (C=O) groups is 1. The van der Waals surface area contributed by atoms with E-state index in [2.05, 4.69) is 5.32 Å². The first kappa shape index (κ1) is 18.5. The highest BCUT2D eigenvalue weighted by Gasteiger charge is 2.14. The molecule has 27 heavy (non-hydrogen) atoms. The molecule has 0 radical (unpaired) electrons. The molecule has 6 nitrogen and oxygen atoms in total. The van der Waals surface area contributed by atoms with Gasteiger partial charge in [-0.1, -0.05) is 6.07 Å². The number of amides is 1. The predicted molar refractivity (Wildman–Crippen MR) is 103 cm³/mol. The second-order valence-corrected chi connectivity index (χ2v) is 5.98. The number of rotatable bonds is 7. The van der Waals surface area contributed by atoms with Crippen LogP contribution in [0.2, 0.25) is 0 Å². The van der Waals surface area contributed by atoms with Gasteiger partial charge in [-0.25, -0.2) is 0 Å². The Balaban J connectivity index is 1.61. The highest BCUT2D eigenvalue weighted by molar-refractivity contribution is 5.94. The number of hydrogen-bond acceptors (Lipinski definition) is 4. The van der Waals surface area contributed by atoms with Gasteiger partial charge in [0, 0.05) is 30.2 Å². The normalized spacial score (nSPS) is 11.7. The molecule has 2 N–H and O–H groups in total. The average molecular weight is 366 g/mol. The largest absolute Gasteiger partial charge is 0.493 e. The first-order valence-corrected chi connectivity index (χ1v) is 8.54. The maximum Gasteiger partial charge on any atom is 0.251 e. The maximum atomic E-state index is 12.3. The lowest BCUT2D eigenvalue weighted by molar-refractivity contribution is 0.0916. The van der Waals surface area contributed by atoms with Gasteiger partial charge in [0.2, 0.25) is 0 Å². The number of methoxy groups -OCH3 is 2. The second kappa shape index (κ2) is 8.42. The van der Waals surface area contributed by atoms with Gasteiger partial charge >= 0.3 is 0 Å². The summed E-state index contributed by atoms with van der Waals surface area (Å²) in [4.78, 5) is 12.3.